The maximum absolute atomic E-state index is 12.1. The molecule has 3 atom stereocenters. The highest BCUT2D eigenvalue weighted by molar-refractivity contribution is 5.85. The van der Waals surface area contributed by atoms with Crippen LogP contribution < -0.4 is 5.32 Å². The first-order chi connectivity index (χ1) is 12.5. The van der Waals surface area contributed by atoms with E-state index in [0.717, 1.165) is 32.1 Å². The Labute approximate surface area is 161 Å². The molecule has 0 aliphatic heterocycles. The van der Waals surface area contributed by atoms with Crippen LogP contribution in [-0.2, 0) is 21.4 Å². The van der Waals surface area contributed by atoms with Gasteiger partial charge in [0.05, 0.1) is 5.41 Å². The van der Waals surface area contributed by atoms with Crippen molar-refractivity contribution in [2.45, 2.75) is 77.7 Å². The lowest BCUT2D eigenvalue weighted by Crippen LogP contribution is -2.52. The van der Waals surface area contributed by atoms with Crippen molar-refractivity contribution in [2.75, 3.05) is 5.32 Å². The summed E-state index contributed by atoms with van der Waals surface area (Å²) in [7, 11) is 0. The van der Waals surface area contributed by atoms with Crippen molar-refractivity contribution in [3.63, 3.8) is 0 Å². The third kappa shape index (κ3) is 3.56. The number of carboxylic acid groups (broad SMARTS) is 1. The minimum absolute atomic E-state index is 0.0977. The van der Waals surface area contributed by atoms with Gasteiger partial charge in [0.25, 0.3) is 0 Å². The van der Waals surface area contributed by atoms with Gasteiger partial charge >= 0.3 is 12.1 Å². The molecule has 1 unspecified atom stereocenters. The average Bonchev–Trinajstić information content (AvgIpc) is 2.53. The molecule has 5 nitrogen and oxygen atoms in total. The van der Waals surface area contributed by atoms with Crippen LogP contribution in [0, 0.1) is 11.3 Å². The number of carbonyl (C=O) groups excluding carboxylic acids is 1. The summed E-state index contributed by atoms with van der Waals surface area (Å²) in [6.07, 6.45) is 3.91. The van der Waals surface area contributed by atoms with Gasteiger partial charge in [0.2, 0.25) is 0 Å². The highest BCUT2D eigenvalue weighted by Crippen LogP contribution is 2.57. The molecule has 1 aromatic rings. The molecule has 2 aliphatic rings. The number of ether oxygens (including phenoxy) is 1. The average molecular weight is 373 g/mol. The fourth-order valence-electron chi connectivity index (χ4n) is 5.22. The summed E-state index contributed by atoms with van der Waals surface area (Å²) in [6.45, 7) is 9.61. The Morgan fingerprint density at radius 2 is 1.93 bits per heavy atom. The number of hydrogen-bond acceptors (Lipinski definition) is 3. The summed E-state index contributed by atoms with van der Waals surface area (Å²) in [6, 6.07) is 6.00. The van der Waals surface area contributed by atoms with Crippen molar-refractivity contribution in [3.8, 4) is 0 Å². The Kier molecular flexibility index (Phi) is 4.77. The van der Waals surface area contributed by atoms with Gasteiger partial charge in [-0.25, -0.2) is 4.79 Å². The summed E-state index contributed by atoms with van der Waals surface area (Å²) >= 11 is 0. The van der Waals surface area contributed by atoms with Crippen LogP contribution in [0.4, 0.5) is 10.5 Å². The van der Waals surface area contributed by atoms with Gasteiger partial charge in [-0.3, -0.25) is 10.1 Å². The molecule has 1 aromatic carbocycles. The molecule has 148 valence electrons. The molecule has 2 N–H and O–H groups in total. The second kappa shape index (κ2) is 6.54. The largest absolute Gasteiger partial charge is 0.481 e. The third-order valence-corrected chi connectivity index (χ3v) is 6.49. The lowest BCUT2D eigenvalue weighted by molar-refractivity contribution is -0.157. The molecule has 1 saturated carbocycles. The molecule has 0 radical (unpaired) electrons. The van der Waals surface area contributed by atoms with Gasteiger partial charge in [0.1, 0.15) is 5.60 Å². The SMILES string of the molecule is CC(C)(C)OC(=O)Nc1ccc2c(c1)[C@@]1(C)CCC[C@](C)(C(=O)O)C1CC2. The van der Waals surface area contributed by atoms with E-state index in [1.807, 2.05) is 39.8 Å². The minimum atomic E-state index is -0.695. The van der Waals surface area contributed by atoms with E-state index < -0.39 is 23.1 Å². The molecule has 27 heavy (non-hydrogen) atoms. The van der Waals surface area contributed by atoms with Crippen molar-refractivity contribution >= 4 is 17.7 Å². The van der Waals surface area contributed by atoms with Crippen LogP contribution in [0.25, 0.3) is 0 Å². The van der Waals surface area contributed by atoms with E-state index in [4.69, 9.17) is 4.74 Å². The van der Waals surface area contributed by atoms with Gasteiger partial charge in [-0.05, 0) is 88.0 Å². The van der Waals surface area contributed by atoms with E-state index in [-0.39, 0.29) is 11.3 Å². The van der Waals surface area contributed by atoms with Gasteiger partial charge in [0.15, 0.2) is 0 Å². The Balaban J connectivity index is 1.93. The maximum atomic E-state index is 12.1. The number of benzene rings is 1. The molecule has 5 heteroatoms. The third-order valence-electron chi connectivity index (χ3n) is 6.49. The molecule has 1 fully saturated rings. The molecule has 0 aromatic heterocycles. The number of nitrogens with one attached hydrogen (secondary N) is 1. The Bertz CT molecular complexity index is 766. The highest BCUT2D eigenvalue weighted by Gasteiger charge is 2.55. The zero-order chi connectivity index (χ0) is 20.0. The topological polar surface area (TPSA) is 75.6 Å². The number of carboxylic acids is 1. The van der Waals surface area contributed by atoms with Crippen LogP contribution in [-0.4, -0.2) is 22.8 Å². The second-order valence-electron chi connectivity index (χ2n) is 9.58. The molecule has 0 saturated heterocycles. The zero-order valence-corrected chi connectivity index (χ0v) is 17.0. The summed E-state index contributed by atoms with van der Waals surface area (Å²) in [5.74, 6) is -0.592. The number of aryl methyl sites for hydroxylation is 1. The van der Waals surface area contributed by atoms with Crippen LogP contribution >= 0.6 is 0 Å². The van der Waals surface area contributed by atoms with Gasteiger partial charge in [-0.1, -0.05) is 19.4 Å². The van der Waals surface area contributed by atoms with Crippen molar-refractivity contribution in [1.82, 2.24) is 0 Å². The Morgan fingerprint density at radius 1 is 1.22 bits per heavy atom. The quantitative estimate of drug-likeness (QED) is 0.754. The normalized spacial score (nSPS) is 30.0. The van der Waals surface area contributed by atoms with Gasteiger partial charge < -0.3 is 9.84 Å². The number of carbonyl (C=O) groups is 2. The number of amides is 1. The number of hydrogen-bond donors (Lipinski definition) is 2. The molecule has 3 rings (SSSR count). The lowest BCUT2D eigenvalue weighted by atomic mass is 9.50. The van der Waals surface area contributed by atoms with E-state index in [2.05, 4.69) is 18.3 Å². The zero-order valence-electron chi connectivity index (χ0n) is 17.0. The summed E-state index contributed by atoms with van der Waals surface area (Å²) in [4.78, 5) is 24.2. The fraction of sp³-hybridized carbons (Fsp3) is 0.636. The molecule has 0 heterocycles. The van der Waals surface area contributed by atoms with Crippen LogP contribution in [0.2, 0.25) is 0 Å². The summed E-state index contributed by atoms with van der Waals surface area (Å²) in [5.41, 5.74) is 1.71. The van der Waals surface area contributed by atoms with Crippen LogP contribution in [0.1, 0.15) is 71.4 Å². The summed E-state index contributed by atoms with van der Waals surface area (Å²) in [5, 5.41) is 12.7. The van der Waals surface area contributed by atoms with Crippen LogP contribution in [0.15, 0.2) is 18.2 Å². The van der Waals surface area contributed by atoms with Crippen molar-refractivity contribution in [3.05, 3.63) is 29.3 Å². The van der Waals surface area contributed by atoms with E-state index in [9.17, 15) is 14.7 Å². The van der Waals surface area contributed by atoms with E-state index in [1.54, 1.807) is 0 Å². The molecule has 1 amide bonds. The van der Waals surface area contributed by atoms with E-state index in [0.29, 0.717) is 5.69 Å². The van der Waals surface area contributed by atoms with Gasteiger partial charge in [-0.2, -0.15) is 0 Å². The lowest BCUT2D eigenvalue weighted by Gasteiger charge is -2.53. The highest BCUT2D eigenvalue weighted by atomic mass is 16.6. The number of aliphatic carboxylic acids is 1. The van der Waals surface area contributed by atoms with Crippen molar-refractivity contribution < 1.29 is 19.4 Å². The van der Waals surface area contributed by atoms with Crippen molar-refractivity contribution in [2.24, 2.45) is 11.3 Å². The standard InChI is InChI=1S/C22H31NO4/c1-20(2,3)27-19(26)23-15-9-7-14-8-10-17-21(4,16(14)13-15)11-6-12-22(17,5)18(24)25/h7,9,13,17H,6,8,10-12H2,1-5H3,(H,23,26)(H,24,25)/t17?,21-,22+/m1/s1. The first kappa shape index (κ1) is 19.7. The van der Waals surface area contributed by atoms with Crippen LogP contribution in [0.5, 0.6) is 0 Å². The summed E-state index contributed by atoms with van der Waals surface area (Å²) < 4.78 is 5.35. The smallest absolute Gasteiger partial charge is 0.412 e. The first-order valence-electron chi connectivity index (χ1n) is 9.82. The van der Waals surface area contributed by atoms with Gasteiger partial charge in [0, 0.05) is 5.69 Å². The minimum Gasteiger partial charge on any atom is -0.481 e. The van der Waals surface area contributed by atoms with Gasteiger partial charge in [-0.15, -0.1) is 0 Å². The van der Waals surface area contributed by atoms with Crippen molar-refractivity contribution in [1.29, 1.82) is 0 Å². The predicted octanol–water partition coefficient (Wildman–Crippen LogP) is 5.13. The maximum Gasteiger partial charge on any atom is 0.412 e. The first-order valence-corrected chi connectivity index (χ1v) is 9.82. The molecule has 0 bridgehead atoms. The Morgan fingerprint density at radius 3 is 2.56 bits per heavy atom. The van der Waals surface area contributed by atoms with Crippen LogP contribution in [0.3, 0.4) is 0 Å². The molecular formula is C22H31NO4. The number of anilines is 1. The number of rotatable bonds is 2. The Hall–Kier alpha value is -2.04. The van der Waals surface area contributed by atoms with E-state index in [1.165, 1.54) is 11.1 Å². The second-order valence-corrected chi connectivity index (χ2v) is 9.58. The van der Waals surface area contributed by atoms with E-state index >= 15 is 0 Å². The molecular weight excluding hydrogens is 342 g/mol. The fourth-order valence-corrected chi connectivity index (χ4v) is 5.22. The molecule has 2 aliphatic carbocycles. The molecule has 0 spiro atoms. The number of fused-ring (bicyclic) bond motifs is 3. The monoisotopic (exact) mass is 373 g/mol. The predicted molar refractivity (Wildman–Crippen MR) is 105 cm³/mol.